The highest BCUT2D eigenvalue weighted by molar-refractivity contribution is 6.22. The monoisotopic (exact) mass is 272 g/mol. The van der Waals surface area contributed by atoms with Gasteiger partial charge in [0.15, 0.2) is 0 Å². The molecular weight excluding hydrogens is 256 g/mol. The minimum Gasteiger partial charge on any atom is -0.493 e. The molecule has 0 aliphatic carbocycles. The van der Waals surface area contributed by atoms with Gasteiger partial charge in [-0.2, -0.15) is 0 Å². The summed E-state index contributed by atoms with van der Waals surface area (Å²) < 4.78 is 5.76. The van der Waals surface area contributed by atoms with Gasteiger partial charge in [-0.05, 0) is 18.1 Å². The molecule has 1 unspecified atom stereocenters. The first-order valence-electron chi connectivity index (χ1n) is 6.34. The van der Waals surface area contributed by atoms with E-state index in [9.17, 15) is 0 Å². The predicted molar refractivity (Wildman–Crippen MR) is 80.9 cm³/mol. The summed E-state index contributed by atoms with van der Waals surface area (Å²) >= 11 is 6.55. The van der Waals surface area contributed by atoms with Gasteiger partial charge >= 0.3 is 0 Å². The van der Waals surface area contributed by atoms with Crippen LogP contribution >= 0.6 is 11.6 Å². The molecule has 1 nitrogen and oxygen atoms in total. The van der Waals surface area contributed by atoms with Crippen molar-refractivity contribution in [1.29, 1.82) is 0 Å². The largest absolute Gasteiger partial charge is 0.493 e. The van der Waals surface area contributed by atoms with Gasteiger partial charge in [-0.3, -0.25) is 0 Å². The number of rotatable bonds is 6. The Balaban J connectivity index is 2.21. The molecular formula is C17H17ClO. The van der Waals surface area contributed by atoms with Crippen molar-refractivity contribution in [2.45, 2.75) is 11.8 Å². The van der Waals surface area contributed by atoms with Crippen molar-refractivity contribution >= 4 is 11.6 Å². The van der Waals surface area contributed by atoms with E-state index >= 15 is 0 Å². The highest BCUT2D eigenvalue weighted by atomic mass is 35.5. The third kappa shape index (κ3) is 3.62. The Labute approximate surface area is 119 Å². The summed E-state index contributed by atoms with van der Waals surface area (Å²) in [5.41, 5.74) is 2.07. The molecule has 19 heavy (non-hydrogen) atoms. The topological polar surface area (TPSA) is 9.23 Å². The number of ether oxygens (including phenoxy) is 1. The predicted octanol–water partition coefficient (Wildman–Crippen LogP) is 4.97. The number of hydrogen-bond acceptors (Lipinski definition) is 1. The Morgan fingerprint density at radius 1 is 1.05 bits per heavy atom. The van der Waals surface area contributed by atoms with Gasteiger partial charge in [-0.15, -0.1) is 18.2 Å². The summed E-state index contributed by atoms with van der Waals surface area (Å²) in [7, 11) is 0. The van der Waals surface area contributed by atoms with Crippen molar-refractivity contribution in [3.8, 4) is 5.75 Å². The first-order valence-corrected chi connectivity index (χ1v) is 6.78. The fourth-order valence-corrected chi connectivity index (χ4v) is 2.20. The average Bonchev–Trinajstić information content (AvgIpc) is 2.48. The minimum absolute atomic E-state index is 0.193. The van der Waals surface area contributed by atoms with E-state index in [2.05, 4.69) is 6.58 Å². The Kier molecular flexibility index (Phi) is 5.05. The van der Waals surface area contributed by atoms with Gasteiger partial charge in [0.2, 0.25) is 0 Å². The fourth-order valence-electron chi connectivity index (χ4n) is 1.88. The quantitative estimate of drug-likeness (QED) is 0.410. The van der Waals surface area contributed by atoms with Crippen LogP contribution in [0.15, 0.2) is 67.3 Å². The molecule has 0 saturated heterocycles. The molecule has 0 aliphatic heterocycles. The normalized spacial score (nSPS) is 11.8. The zero-order valence-electron chi connectivity index (χ0n) is 10.8. The minimum atomic E-state index is -0.193. The van der Waals surface area contributed by atoms with Gasteiger partial charge in [0.25, 0.3) is 0 Å². The molecule has 0 N–H and O–H groups in total. The molecule has 2 aromatic carbocycles. The standard InChI is InChI=1S/C17H17ClO/c1-2-3-13-19-16-12-8-7-11-15(16)17(18)14-9-5-4-6-10-14/h2,4-12,17H,1,3,13H2. The molecule has 0 heterocycles. The Morgan fingerprint density at radius 2 is 1.74 bits per heavy atom. The Bertz CT molecular complexity index is 522. The van der Waals surface area contributed by atoms with Crippen LogP contribution in [0, 0.1) is 0 Å². The van der Waals surface area contributed by atoms with Crippen LogP contribution in [0.25, 0.3) is 0 Å². The van der Waals surface area contributed by atoms with Gasteiger partial charge < -0.3 is 4.74 Å². The molecule has 2 aromatic rings. The third-order valence-electron chi connectivity index (χ3n) is 2.86. The fraction of sp³-hybridized carbons (Fsp3) is 0.176. The van der Waals surface area contributed by atoms with Crippen molar-refractivity contribution in [3.05, 3.63) is 78.4 Å². The Hall–Kier alpha value is -1.73. The molecule has 0 saturated carbocycles. The van der Waals surface area contributed by atoms with Crippen LogP contribution < -0.4 is 4.74 Å². The van der Waals surface area contributed by atoms with Crippen LogP contribution in [-0.4, -0.2) is 6.61 Å². The van der Waals surface area contributed by atoms with Crippen LogP contribution in [0.3, 0.4) is 0 Å². The van der Waals surface area contributed by atoms with Crippen LogP contribution in [0.2, 0.25) is 0 Å². The summed E-state index contributed by atoms with van der Waals surface area (Å²) in [5, 5.41) is -0.193. The molecule has 0 amide bonds. The molecule has 0 spiro atoms. The zero-order valence-corrected chi connectivity index (χ0v) is 11.5. The molecule has 0 radical (unpaired) electrons. The van der Waals surface area contributed by atoms with E-state index < -0.39 is 0 Å². The molecule has 0 bridgehead atoms. The SMILES string of the molecule is C=CCCOc1ccccc1C(Cl)c1ccccc1. The van der Waals surface area contributed by atoms with Gasteiger partial charge in [0, 0.05) is 5.56 Å². The first-order chi connectivity index (χ1) is 9.33. The van der Waals surface area contributed by atoms with E-state index in [-0.39, 0.29) is 5.38 Å². The lowest BCUT2D eigenvalue weighted by molar-refractivity contribution is 0.322. The second-order valence-corrected chi connectivity index (χ2v) is 4.67. The molecule has 1 atom stereocenters. The first kappa shape index (κ1) is 13.7. The number of para-hydroxylation sites is 1. The summed E-state index contributed by atoms with van der Waals surface area (Å²) in [6, 6.07) is 17.9. The average molecular weight is 273 g/mol. The van der Waals surface area contributed by atoms with Crippen LogP contribution in [0.5, 0.6) is 5.75 Å². The number of alkyl halides is 1. The van der Waals surface area contributed by atoms with Crippen LogP contribution in [0.4, 0.5) is 0 Å². The molecule has 98 valence electrons. The highest BCUT2D eigenvalue weighted by Crippen LogP contribution is 2.34. The van der Waals surface area contributed by atoms with Gasteiger partial charge in [0.1, 0.15) is 5.75 Å². The van der Waals surface area contributed by atoms with Gasteiger partial charge in [0.05, 0.1) is 12.0 Å². The smallest absolute Gasteiger partial charge is 0.124 e. The van der Waals surface area contributed by atoms with E-state index in [1.807, 2.05) is 60.7 Å². The molecule has 0 aromatic heterocycles. The van der Waals surface area contributed by atoms with E-state index in [1.165, 1.54) is 0 Å². The Morgan fingerprint density at radius 3 is 2.47 bits per heavy atom. The maximum absolute atomic E-state index is 6.55. The van der Waals surface area contributed by atoms with Crippen LogP contribution in [-0.2, 0) is 0 Å². The van der Waals surface area contributed by atoms with Crippen molar-refractivity contribution in [1.82, 2.24) is 0 Å². The van der Waals surface area contributed by atoms with Crippen molar-refractivity contribution in [2.75, 3.05) is 6.61 Å². The molecule has 0 fully saturated rings. The van der Waals surface area contributed by atoms with Crippen molar-refractivity contribution in [3.63, 3.8) is 0 Å². The number of hydrogen-bond donors (Lipinski definition) is 0. The number of halogens is 1. The van der Waals surface area contributed by atoms with E-state index in [4.69, 9.17) is 16.3 Å². The van der Waals surface area contributed by atoms with E-state index in [1.54, 1.807) is 0 Å². The second-order valence-electron chi connectivity index (χ2n) is 4.24. The lowest BCUT2D eigenvalue weighted by Crippen LogP contribution is -2.01. The third-order valence-corrected chi connectivity index (χ3v) is 3.35. The van der Waals surface area contributed by atoms with Crippen molar-refractivity contribution in [2.24, 2.45) is 0 Å². The van der Waals surface area contributed by atoms with E-state index in [0.717, 1.165) is 23.3 Å². The summed E-state index contributed by atoms with van der Waals surface area (Å²) in [5.74, 6) is 0.841. The zero-order chi connectivity index (χ0) is 13.5. The van der Waals surface area contributed by atoms with Crippen LogP contribution in [0.1, 0.15) is 22.9 Å². The second kappa shape index (κ2) is 7.01. The summed E-state index contributed by atoms with van der Waals surface area (Å²) in [4.78, 5) is 0. The maximum Gasteiger partial charge on any atom is 0.124 e. The van der Waals surface area contributed by atoms with Gasteiger partial charge in [-0.25, -0.2) is 0 Å². The molecule has 2 rings (SSSR count). The molecule has 2 heteroatoms. The highest BCUT2D eigenvalue weighted by Gasteiger charge is 2.14. The van der Waals surface area contributed by atoms with E-state index in [0.29, 0.717) is 6.61 Å². The van der Waals surface area contributed by atoms with Crippen molar-refractivity contribution < 1.29 is 4.74 Å². The maximum atomic E-state index is 6.55. The lowest BCUT2D eigenvalue weighted by Gasteiger charge is -2.15. The van der Waals surface area contributed by atoms with Gasteiger partial charge in [-0.1, -0.05) is 54.6 Å². The summed E-state index contributed by atoms with van der Waals surface area (Å²) in [6.45, 7) is 4.31. The lowest BCUT2D eigenvalue weighted by atomic mass is 10.0. The number of benzene rings is 2. The summed E-state index contributed by atoms with van der Waals surface area (Å²) in [6.07, 6.45) is 2.67. The molecule has 0 aliphatic rings.